The number of carbonyl (C=O) groups excluding carboxylic acids is 1. The molecule has 7 nitrogen and oxygen atoms in total. The maximum absolute atomic E-state index is 13.7. The summed E-state index contributed by atoms with van der Waals surface area (Å²) < 4.78 is 54.3. The molecule has 4 aromatic carbocycles. The molecule has 0 bridgehead atoms. The van der Waals surface area contributed by atoms with E-state index in [9.17, 15) is 18.0 Å². The number of likely N-dealkylation sites (tertiary alicyclic amines) is 1. The molecule has 0 aliphatic carbocycles. The van der Waals surface area contributed by atoms with Gasteiger partial charge >= 0.3 is 6.18 Å². The minimum Gasteiger partial charge on any atom is -0.492 e. The Hall–Kier alpha value is -4.28. The fourth-order valence-electron chi connectivity index (χ4n) is 6.15. The number of carbonyl (C=O) groups is 1. The minimum absolute atomic E-state index is 0.0235. The summed E-state index contributed by atoms with van der Waals surface area (Å²) in [6.07, 6.45) is -0.508. The number of fused-ring (bicyclic) bond motifs is 1. The zero-order chi connectivity index (χ0) is 32.6. The Morgan fingerprint density at radius 1 is 0.660 bits per heavy atom. The average Bonchev–Trinajstić information content (AvgIpc) is 3.09. The normalized spacial score (nSPS) is 16.3. The van der Waals surface area contributed by atoms with Crippen LogP contribution in [-0.2, 0) is 6.54 Å². The Morgan fingerprint density at radius 3 is 2.00 bits per heavy atom. The molecule has 47 heavy (non-hydrogen) atoms. The van der Waals surface area contributed by atoms with Gasteiger partial charge in [-0.25, -0.2) is 0 Å². The smallest absolute Gasteiger partial charge is 0.422 e. The molecule has 0 spiro atoms. The molecule has 0 atom stereocenters. The van der Waals surface area contributed by atoms with Crippen LogP contribution >= 0.6 is 0 Å². The molecule has 2 aliphatic rings. The number of rotatable bonds is 11. The number of alkyl halides is 3. The number of hydrogen-bond donors (Lipinski definition) is 0. The molecule has 2 saturated heterocycles. The van der Waals surface area contributed by atoms with Crippen molar-refractivity contribution >= 4 is 16.7 Å². The summed E-state index contributed by atoms with van der Waals surface area (Å²) in [4.78, 5) is 20.3. The highest BCUT2D eigenvalue weighted by atomic mass is 19.4. The Labute approximate surface area is 273 Å². The fourth-order valence-corrected chi connectivity index (χ4v) is 6.15. The Morgan fingerprint density at radius 2 is 1.30 bits per heavy atom. The third-order valence-corrected chi connectivity index (χ3v) is 8.68. The molecule has 2 fully saturated rings. The Kier molecular flexibility index (Phi) is 10.5. The maximum atomic E-state index is 13.7. The maximum Gasteiger partial charge on any atom is 0.422 e. The van der Waals surface area contributed by atoms with Gasteiger partial charge in [0.2, 0.25) is 0 Å². The van der Waals surface area contributed by atoms with E-state index in [1.165, 1.54) is 19.3 Å². The third kappa shape index (κ3) is 8.96. The van der Waals surface area contributed by atoms with E-state index in [0.717, 1.165) is 41.7 Å². The summed E-state index contributed by atoms with van der Waals surface area (Å²) in [5.74, 6) is 2.34. The van der Waals surface area contributed by atoms with E-state index >= 15 is 0 Å². The van der Waals surface area contributed by atoms with Crippen molar-refractivity contribution in [3.05, 3.63) is 96.1 Å². The first kappa shape index (κ1) is 32.7. The molecule has 0 unspecified atom stereocenters. The van der Waals surface area contributed by atoms with E-state index in [1.54, 1.807) is 24.3 Å². The standard InChI is InChI=1S/C37H40F3N3O4/c38-37(39,40)27-46-30-10-8-28(9-11-30)26-42-20-22-43(23-21-42)36(44)34-16-17-35(33-7-3-2-6-32(33)34)47-31-14-12-29(13-15-31)45-25-24-41-18-4-1-5-19-41/h2-3,6-17H,1,4-5,18-27H2. The highest BCUT2D eigenvalue weighted by Crippen LogP contribution is 2.33. The summed E-state index contributed by atoms with van der Waals surface area (Å²) in [7, 11) is 0. The van der Waals surface area contributed by atoms with Crippen molar-refractivity contribution in [1.82, 2.24) is 14.7 Å². The Balaban J connectivity index is 1.03. The van der Waals surface area contributed by atoms with Crippen LogP contribution in [-0.4, -0.2) is 85.8 Å². The first-order chi connectivity index (χ1) is 22.8. The quantitative estimate of drug-likeness (QED) is 0.169. The van der Waals surface area contributed by atoms with E-state index in [0.29, 0.717) is 56.4 Å². The van der Waals surface area contributed by atoms with E-state index < -0.39 is 12.8 Å². The van der Waals surface area contributed by atoms with E-state index in [-0.39, 0.29) is 11.7 Å². The van der Waals surface area contributed by atoms with Crippen molar-refractivity contribution in [3.63, 3.8) is 0 Å². The van der Waals surface area contributed by atoms with Gasteiger partial charge in [-0.1, -0.05) is 42.8 Å². The topological polar surface area (TPSA) is 54.5 Å². The van der Waals surface area contributed by atoms with Crippen molar-refractivity contribution in [2.45, 2.75) is 32.0 Å². The number of hydrogen-bond acceptors (Lipinski definition) is 6. The van der Waals surface area contributed by atoms with Gasteiger partial charge in [-0.3, -0.25) is 14.6 Å². The zero-order valence-corrected chi connectivity index (χ0v) is 26.4. The van der Waals surface area contributed by atoms with Crippen molar-refractivity contribution in [2.24, 2.45) is 0 Å². The van der Waals surface area contributed by atoms with Gasteiger partial charge in [0.1, 0.15) is 29.6 Å². The Bertz CT molecular complexity index is 1620. The van der Waals surface area contributed by atoms with Crippen LogP contribution in [0.2, 0.25) is 0 Å². The molecule has 6 rings (SSSR count). The lowest BCUT2D eigenvalue weighted by Gasteiger charge is -2.35. The van der Waals surface area contributed by atoms with Crippen LogP contribution in [0.5, 0.6) is 23.0 Å². The van der Waals surface area contributed by atoms with Crippen LogP contribution in [0, 0.1) is 0 Å². The molecule has 1 amide bonds. The molecular weight excluding hydrogens is 607 g/mol. The highest BCUT2D eigenvalue weighted by Gasteiger charge is 2.28. The second-order valence-electron chi connectivity index (χ2n) is 12.1. The first-order valence-corrected chi connectivity index (χ1v) is 16.3. The average molecular weight is 648 g/mol. The van der Waals surface area contributed by atoms with Crippen molar-refractivity contribution in [1.29, 1.82) is 0 Å². The number of piperazine rings is 1. The van der Waals surface area contributed by atoms with Gasteiger partial charge in [0.05, 0.1) is 0 Å². The van der Waals surface area contributed by atoms with E-state index in [4.69, 9.17) is 14.2 Å². The lowest BCUT2D eigenvalue weighted by atomic mass is 10.0. The van der Waals surface area contributed by atoms with Gasteiger partial charge in [-0.2, -0.15) is 13.2 Å². The van der Waals surface area contributed by atoms with Gasteiger partial charge in [-0.05, 0) is 85.4 Å². The molecule has 0 saturated carbocycles. The van der Waals surface area contributed by atoms with Gasteiger partial charge in [0, 0.05) is 50.2 Å². The monoisotopic (exact) mass is 647 g/mol. The second-order valence-corrected chi connectivity index (χ2v) is 12.1. The van der Waals surface area contributed by atoms with Crippen LogP contribution in [0.25, 0.3) is 10.8 Å². The number of halogens is 3. The molecular formula is C37H40F3N3O4. The summed E-state index contributed by atoms with van der Waals surface area (Å²) in [5, 5.41) is 1.70. The highest BCUT2D eigenvalue weighted by molar-refractivity contribution is 6.08. The molecule has 2 heterocycles. The molecule has 0 N–H and O–H groups in total. The van der Waals surface area contributed by atoms with E-state index in [1.807, 2.05) is 65.6 Å². The van der Waals surface area contributed by atoms with Gasteiger partial charge in [-0.15, -0.1) is 0 Å². The van der Waals surface area contributed by atoms with Gasteiger partial charge < -0.3 is 19.1 Å². The summed E-state index contributed by atoms with van der Waals surface area (Å²) in [6, 6.07) is 25.8. The van der Waals surface area contributed by atoms with Crippen molar-refractivity contribution in [3.8, 4) is 23.0 Å². The number of amides is 1. The van der Waals surface area contributed by atoms with Crippen LogP contribution in [0.4, 0.5) is 13.2 Å². The molecule has 248 valence electrons. The molecule has 4 aromatic rings. The third-order valence-electron chi connectivity index (χ3n) is 8.68. The van der Waals surface area contributed by atoms with Crippen molar-refractivity contribution < 1.29 is 32.2 Å². The van der Waals surface area contributed by atoms with Crippen LogP contribution in [0.1, 0.15) is 35.2 Å². The van der Waals surface area contributed by atoms with Gasteiger partial charge in [0.15, 0.2) is 6.61 Å². The summed E-state index contributed by atoms with van der Waals surface area (Å²) in [5.41, 5.74) is 1.61. The number of piperidine rings is 1. The van der Waals surface area contributed by atoms with Crippen molar-refractivity contribution in [2.75, 3.05) is 59.0 Å². The zero-order valence-electron chi connectivity index (χ0n) is 26.4. The number of nitrogens with zero attached hydrogens (tertiary/aromatic N) is 3. The van der Waals surface area contributed by atoms with E-state index in [2.05, 4.69) is 9.80 Å². The van der Waals surface area contributed by atoms with Crippen LogP contribution in [0.15, 0.2) is 84.9 Å². The summed E-state index contributed by atoms with van der Waals surface area (Å²) in [6.45, 7) is 5.77. The minimum atomic E-state index is -4.37. The fraction of sp³-hybridized carbons (Fsp3) is 0.378. The van der Waals surface area contributed by atoms with Gasteiger partial charge in [0.25, 0.3) is 5.91 Å². The SMILES string of the molecule is O=C(c1ccc(Oc2ccc(OCCN3CCCCC3)cc2)c2ccccc12)N1CCN(Cc2ccc(OCC(F)(F)F)cc2)CC1. The lowest BCUT2D eigenvalue weighted by Crippen LogP contribution is -2.48. The van der Waals surface area contributed by atoms with Crippen LogP contribution < -0.4 is 14.2 Å². The summed E-state index contributed by atoms with van der Waals surface area (Å²) >= 11 is 0. The molecule has 2 aliphatic heterocycles. The second kappa shape index (κ2) is 15.1. The lowest BCUT2D eigenvalue weighted by molar-refractivity contribution is -0.153. The molecule has 10 heteroatoms. The molecule has 0 aromatic heterocycles. The van der Waals surface area contributed by atoms with Crippen LogP contribution in [0.3, 0.4) is 0 Å². The predicted octanol–water partition coefficient (Wildman–Crippen LogP) is 7.40. The number of ether oxygens (including phenoxy) is 3. The predicted molar refractivity (Wildman–Crippen MR) is 175 cm³/mol. The first-order valence-electron chi connectivity index (χ1n) is 16.3. The largest absolute Gasteiger partial charge is 0.492 e. The molecule has 0 radical (unpaired) electrons. The number of benzene rings is 4.